The van der Waals surface area contributed by atoms with Gasteiger partial charge in [-0.15, -0.1) is 0 Å². The standard InChI is InChI=1S/C28H34N2O5/c1-17-14-30(15-18(17)13-24(31)32)26(33)25(28(2,3)4)29-27(34)35-16-23-21-11-7-5-9-19(21)20-10-6-8-12-22(20)23/h5-12,17-18,23,25H,13-16H2,1-4H3,(H,29,34)(H,31,32)/t17-,18-,25+/m1/s1. The van der Waals surface area contributed by atoms with E-state index in [-0.39, 0.29) is 36.7 Å². The average Bonchev–Trinajstić information content (AvgIpc) is 3.32. The van der Waals surface area contributed by atoms with Crippen LogP contribution in [0.4, 0.5) is 4.79 Å². The molecule has 2 aromatic carbocycles. The van der Waals surface area contributed by atoms with Crippen LogP contribution in [0.3, 0.4) is 0 Å². The summed E-state index contributed by atoms with van der Waals surface area (Å²) < 4.78 is 5.67. The molecule has 0 bridgehead atoms. The molecule has 1 aliphatic carbocycles. The third kappa shape index (κ3) is 5.19. The minimum Gasteiger partial charge on any atom is -0.481 e. The lowest BCUT2D eigenvalue weighted by atomic mass is 9.86. The summed E-state index contributed by atoms with van der Waals surface area (Å²) in [6, 6.07) is 15.5. The molecule has 2 N–H and O–H groups in total. The van der Waals surface area contributed by atoms with Crippen LogP contribution in [0.25, 0.3) is 11.1 Å². The topological polar surface area (TPSA) is 95.9 Å². The van der Waals surface area contributed by atoms with Gasteiger partial charge in [0.2, 0.25) is 5.91 Å². The molecular formula is C28H34N2O5. The van der Waals surface area contributed by atoms with Crippen molar-refractivity contribution in [3.8, 4) is 11.1 Å². The quantitative estimate of drug-likeness (QED) is 0.637. The zero-order valence-electron chi connectivity index (χ0n) is 20.8. The van der Waals surface area contributed by atoms with Gasteiger partial charge in [-0.1, -0.05) is 76.2 Å². The summed E-state index contributed by atoms with van der Waals surface area (Å²) in [5.41, 5.74) is 4.01. The zero-order valence-corrected chi connectivity index (χ0v) is 20.8. The number of nitrogens with one attached hydrogen (secondary N) is 1. The maximum atomic E-state index is 13.4. The highest BCUT2D eigenvalue weighted by Crippen LogP contribution is 2.44. The maximum absolute atomic E-state index is 13.4. The normalized spacial score (nSPS) is 20.2. The number of nitrogens with zero attached hydrogens (tertiary/aromatic N) is 1. The number of ether oxygens (including phenoxy) is 1. The Kier molecular flexibility index (Phi) is 6.88. The molecule has 186 valence electrons. The van der Waals surface area contributed by atoms with E-state index in [9.17, 15) is 14.4 Å². The van der Waals surface area contributed by atoms with Crippen molar-refractivity contribution in [1.29, 1.82) is 0 Å². The second-order valence-electron chi connectivity index (χ2n) is 10.8. The number of carboxylic acids is 1. The molecule has 1 heterocycles. The van der Waals surface area contributed by atoms with Crippen LogP contribution in [0, 0.1) is 17.3 Å². The van der Waals surface area contributed by atoms with Gasteiger partial charge in [-0.3, -0.25) is 9.59 Å². The number of aliphatic carboxylic acids is 1. The molecule has 2 amide bonds. The molecule has 2 aromatic rings. The van der Waals surface area contributed by atoms with Gasteiger partial charge < -0.3 is 20.1 Å². The van der Waals surface area contributed by atoms with Crippen molar-refractivity contribution in [1.82, 2.24) is 10.2 Å². The molecule has 2 aliphatic rings. The first kappa shape index (κ1) is 24.8. The van der Waals surface area contributed by atoms with E-state index in [1.807, 2.05) is 52.0 Å². The van der Waals surface area contributed by atoms with Gasteiger partial charge in [0.15, 0.2) is 0 Å². The van der Waals surface area contributed by atoms with E-state index >= 15 is 0 Å². The number of likely N-dealkylation sites (tertiary alicyclic amines) is 1. The summed E-state index contributed by atoms with van der Waals surface area (Å²) in [5, 5.41) is 12.0. The van der Waals surface area contributed by atoms with Crippen molar-refractivity contribution >= 4 is 18.0 Å². The number of hydrogen-bond acceptors (Lipinski definition) is 4. The summed E-state index contributed by atoms with van der Waals surface area (Å²) in [6.07, 6.45) is -0.597. The first-order valence-corrected chi connectivity index (χ1v) is 12.2. The summed E-state index contributed by atoms with van der Waals surface area (Å²) in [7, 11) is 0. The Labute approximate surface area is 206 Å². The fraction of sp³-hybridized carbons (Fsp3) is 0.464. The van der Waals surface area contributed by atoms with E-state index in [0.717, 1.165) is 22.3 Å². The smallest absolute Gasteiger partial charge is 0.407 e. The molecule has 0 radical (unpaired) electrons. The van der Waals surface area contributed by atoms with Gasteiger partial charge in [0.05, 0.1) is 6.42 Å². The van der Waals surface area contributed by atoms with Gasteiger partial charge in [-0.05, 0) is 39.5 Å². The number of amides is 2. The molecule has 1 aliphatic heterocycles. The minimum absolute atomic E-state index is 0.0327. The predicted octanol–water partition coefficient (Wildman–Crippen LogP) is 4.51. The summed E-state index contributed by atoms with van der Waals surface area (Å²) in [6.45, 7) is 8.69. The van der Waals surface area contributed by atoms with Gasteiger partial charge in [0, 0.05) is 19.0 Å². The van der Waals surface area contributed by atoms with E-state index in [0.29, 0.717) is 13.1 Å². The molecule has 35 heavy (non-hydrogen) atoms. The van der Waals surface area contributed by atoms with Crippen molar-refractivity contribution in [3.05, 3.63) is 59.7 Å². The van der Waals surface area contributed by atoms with E-state index in [2.05, 4.69) is 29.6 Å². The molecule has 3 atom stereocenters. The molecule has 7 heteroatoms. The highest BCUT2D eigenvalue weighted by atomic mass is 16.5. The van der Waals surface area contributed by atoms with E-state index in [1.165, 1.54) is 0 Å². The van der Waals surface area contributed by atoms with E-state index in [1.54, 1.807) is 4.90 Å². The number of fused-ring (bicyclic) bond motifs is 3. The van der Waals surface area contributed by atoms with Crippen LogP contribution in [-0.2, 0) is 14.3 Å². The number of benzene rings is 2. The van der Waals surface area contributed by atoms with E-state index in [4.69, 9.17) is 9.84 Å². The highest BCUT2D eigenvalue weighted by Gasteiger charge is 2.41. The first-order chi connectivity index (χ1) is 16.6. The number of carbonyl (C=O) groups is 3. The van der Waals surface area contributed by atoms with Gasteiger partial charge in [0.1, 0.15) is 12.6 Å². The highest BCUT2D eigenvalue weighted by molar-refractivity contribution is 5.87. The Morgan fingerprint density at radius 1 is 1.03 bits per heavy atom. The number of alkyl carbamates (subject to hydrolysis) is 1. The Hall–Kier alpha value is -3.35. The van der Waals surface area contributed by atoms with Crippen LogP contribution in [0.5, 0.6) is 0 Å². The summed E-state index contributed by atoms with van der Waals surface area (Å²) in [5.74, 6) is -1.13. The third-order valence-electron chi connectivity index (χ3n) is 7.24. The lowest BCUT2D eigenvalue weighted by Crippen LogP contribution is -2.54. The molecule has 4 rings (SSSR count). The van der Waals surface area contributed by atoms with Crippen molar-refractivity contribution in [2.75, 3.05) is 19.7 Å². The maximum Gasteiger partial charge on any atom is 0.407 e. The SMILES string of the molecule is C[C@@H]1CN(C(=O)[C@H](NC(=O)OCC2c3ccccc3-c3ccccc32)C(C)(C)C)C[C@H]1CC(=O)O. The predicted molar refractivity (Wildman–Crippen MR) is 133 cm³/mol. The molecule has 1 saturated heterocycles. The number of hydrogen-bond donors (Lipinski definition) is 2. The third-order valence-corrected chi connectivity index (χ3v) is 7.24. The molecule has 0 saturated carbocycles. The fourth-order valence-corrected chi connectivity index (χ4v) is 5.29. The average molecular weight is 479 g/mol. The second kappa shape index (κ2) is 9.72. The van der Waals surface area contributed by atoms with Crippen molar-refractivity contribution < 1.29 is 24.2 Å². The molecular weight excluding hydrogens is 444 g/mol. The summed E-state index contributed by atoms with van der Waals surface area (Å²) >= 11 is 0. The van der Waals surface area contributed by atoms with Gasteiger partial charge >= 0.3 is 12.1 Å². The Morgan fingerprint density at radius 2 is 1.60 bits per heavy atom. The van der Waals surface area contributed by atoms with Crippen LogP contribution in [0.1, 0.15) is 51.2 Å². The Balaban J connectivity index is 1.43. The Bertz CT molecular complexity index is 1080. The second-order valence-corrected chi connectivity index (χ2v) is 10.8. The van der Waals surface area contributed by atoms with Crippen LogP contribution < -0.4 is 5.32 Å². The van der Waals surface area contributed by atoms with Gasteiger partial charge in [0.25, 0.3) is 0 Å². The summed E-state index contributed by atoms with van der Waals surface area (Å²) in [4.78, 5) is 39.1. The zero-order chi connectivity index (χ0) is 25.3. The van der Waals surface area contributed by atoms with Gasteiger partial charge in [-0.25, -0.2) is 4.79 Å². The van der Waals surface area contributed by atoms with Crippen LogP contribution in [0.15, 0.2) is 48.5 Å². The Morgan fingerprint density at radius 3 is 2.14 bits per heavy atom. The molecule has 0 aromatic heterocycles. The van der Waals surface area contributed by atoms with Crippen molar-refractivity contribution in [3.63, 3.8) is 0 Å². The fourth-order valence-electron chi connectivity index (χ4n) is 5.29. The lowest BCUT2D eigenvalue weighted by Gasteiger charge is -2.33. The molecule has 0 unspecified atom stereocenters. The number of rotatable bonds is 6. The minimum atomic E-state index is -0.861. The lowest BCUT2D eigenvalue weighted by molar-refractivity contribution is -0.139. The molecule has 1 fully saturated rings. The van der Waals surface area contributed by atoms with Crippen molar-refractivity contribution in [2.45, 2.75) is 46.1 Å². The van der Waals surface area contributed by atoms with Crippen LogP contribution >= 0.6 is 0 Å². The number of carbonyl (C=O) groups excluding carboxylic acids is 2. The van der Waals surface area contributed by atoms with Crippen LogP contribution in [-0.4, -0.2) is 53.7 Å². The molecule has 7 nitrogen and oxygen atoms in total. The monoisotopic (exact) mass is 478 g/mol. The van der Waals surface area contributed by atoms with Gasteiger partial charge in [-0.2, -0.15) is 0 Å². The van der Waals surface area contributed by atoms with Crippen molar-refractivity contribution in [2.24, 2.45) is 17.3 Å². The number of carboxylic acid groups (broad SMARTS) is 1. The molecule has 0 spiro atoms. The van der Waals surface area contributed by atoms with Crippen LogP contribution in [0.2, 0.25) is 0 Å². The first-order valence-electron chi connectivity index (χ1n) is 12.2. The largest absolute Gasteiger partial charge is 0.481 e. The van der Waals surface area contributed by atoms with E-state index < -0.39 is 23.5 Å².